The van der Waals surface area contributed by atoms with Crippen LogP contribution in [0.2, 0.25) is 0 Å². The van der Waals surface area contributed by atoms with Crippen LogP contribution in [0, 0.1) is 5.41 Å². The van der Waals surface area contributed by atoms with Crippen LogP contribution in [0.3, 0.4) is 0 Å². The lowest BCUT2D eigenvalue weighted by molar-refractivity contribution is -0.345. The number of nitrogens with zero attached hydrogens (tertiary/aromatic N) is 1. The van der Waals surface area contributed by atoms with E-state index in [0.29, 0.717) is 37.9 Å². The fourth-order valence-corrected chi connectivity index (χ4v) is 4.47. The molecular weight excluding hydrogens is 455 g/mol. The Morgan fingerprint density at radius 3 is 2.59 bits per heavy atom. The number of ether oxygens (including phenoxy) is 1. The van der Waals surface area contributed by atoms with E-state index in [-0.39, 0.29) is 36.8 Å². The molecule has 9 nitrogen and oxygen atoms in total. The van der Waals surface area contributed by atoms with Gasteiger partial charge in [-0.2, -0.15) is 0 Å². The molecular formula is C22H28F3N5O4. The van der Waals surface area contributed by atoms with Crippen LogP contribution in [0.5, 0.6) is 0 Å². The first-order valence-electron chi connectivity index (χ1n) is 11.1. The molecule has 12 heteroatoms. The summed E-state index contributed by atoms with van der Waals surface area (Å²) in [7, 11) is 0. The molecule has 1 aliphatic carbocycles. The summed E-state index contributed by atoms with van der Waals surface area (Å²) in [5.41, 5.74) is 5.43. The number of likely N-dealkylation sites (tertiary alicyclic amines) is 1. The Labute approximate surface area is 194 Å². The zero-order valence-corrected chi connectivity index (χ0v) is 18.5. The van der Waals surface area contributed by atoms with Crippen molar-refractivity contribution in [1.29, 1.82) is 5.41 Å². The third kappa shape index (κ3) is 6.69. The maximum atomic E-state index is 12.8. The van der Waals surface area contributed by atoms with Crippen molar-refractivity contribution >= 4 is 29.1 Å². The first-order chi connectivity index (χ1) is 16.0. The Balaban J connectivity index is 1.57. The molecule has 0 aromatic heterocycles. The maximum absolute atomic E-state index is 12.8. The molecule has 34 heavy (non-hydrogen) atoms. The number of hydrogen-bond donors (Lipinski definition) is 4. The average molecular weight is 483 g/mol. The predicted molar refractivity (Wildman–Crippen MR) is 117 cm³/mol. The number of primary amides is 1. The summed E-state index contributed by atoms with van der Waals surface area (Å²) < 4.78 is 41.7. The van der Waals surface area contributed by atoms with Gasteiger partial charge in [0.05, 0.1) is 12.6 Å². The van der Waals surface area contributed by atoms with Crippen LogP contribution in [0.25, 0.3) is 0 Å². The van der Waals surface area contributed by atoms with Crippen molar-refractivity contribution in [2.45, 2.75) is 63.1 Å². The number of benzene rings is 1. The highest BCUT2D eigenvalue weighted by Crippen LogP contribution is 2.28. The van der Waals surface area contributed by atoms with E-state index in [1.807, 2.05) is 0 Å². The second-order valence-corrected chi connectivity index (χ2v) is 8.44. The molecule has 1 aromatic carbocycles. The number of carbonyl (C=O) groups is 3. The summed E-state index contributed by atoms with van der Waals surface area (Å²) in [6.07, 6.45) is -3.24. The van der Waals surface area contributed by atoms with E-state index in [1.165, 1.54) is 11.0 Å². The fourth-order valence-electron chi connectivity index (χ4n) is 4.47. The van der Waals surface area contributed by atoms with Crippen molar-refractivity contribution in [3.05, 3.63) is 29.8 Å². The minimum Gasteiger partial charge on any atom is -0.376 e. The Morgan fingerprint density at radius 2 is 1.88 bits per heavy atom. The van der Waals surface area contributed by atoms with Gasteiger partial charge in [-0.3, -0.25) is 24.5 Å². The molecule has 2 unspecified atom stereocenters. The molecule has 2 fully saturated rings. The molecule has 1 aliphatic heterocycles. The molecule has 1 saturated carbocycles. The van der Waals surface area contributed by atoms with Gasteiger partial charge in [0, 0.05) is 23.8 Å². The molecule has 0 radical (unpaired) electrons. The molecule has 1 heterocycles. The molecule has 2 aliphatic rings. The van der Waals surface area contributed by atoms with Crippen LogP contribution in [-0.2, 0) is 19.1 Å². The van der Waals surface area contributed by atoms with Crippen LogP contribution in [-0.4, -0.2) is 66.0 Å². The predicted octanol–water partition coefficient (Wildman–Crippen LogP) is 1.91. The summed E-state index contributed by atoms with van der Waals surface area (Å²) >= 11 is 0. The summed E-state index contributed by atoms with van der Waals surface area (Å²) in [5.74, 6) is -1.64. The number of rotatable bonds is 8. The molecule has 3 rings (SSSR count). The zero-order chi connectivity index (χ0) is 24.9. The molecule has 186 valence electrons. The van der Waals surface area contributed by atoms with Crippen LogP contribution in [0.15, 0.2) is 24.3 Å². The van der Waals surface area contributed by atoms with Crippen molar-refractivity contribution in [2.24, 2.45) is 5.73 Å². The number of carbonyl (C=O) groups excluding carboxylic acids is 3. The quantitative estimate of drug-likeness (QED) is 0.419. The topological polar surface area (TPSA) is 138 Å². The smallest absolute Gasteiger partial charge is 0.376 e. The largest absolute Gasteiger partial charge is 0.522 e. The normalized spacial score (nSPS) is 22.8. The molecule has 5 N–H and O–H groups in total. The third-order valence-corrected chi connectivity index (χ3v) is 6.02. The lowest BCUT2D eigenvalue weighted by Crippen LogP contribution is -2.51. The summed E-state index contributed by atoms with van der Waals surface area (Å²) in [6.45, 7) is 0.208. The average Bonchev–Trinajstić information content (AvgIpc) is 3.26. The van der Waals surface area contributed by atoms with Crippen LogP contribution in [0.1, 0.15) is 44.1 Å². The van der Waals surface area contributed by atoms with Crippen molar-refractivity contribution in [3.8, 4) is 0 Å². The zero-order valence-electron chi connectivity index (χ0n) is 18.5. The number of alkyl halides is 3. The number of hydrogen-bond acceptors (Lipinski definition) is 6. The minimum atomic E-state index is -4.72. The number of para-hydroxylation sites is 1. The van der Waals surface area contributed by atoms with Gasteiger partial charge in [-0.15, -0.1) is 13.2 Å². The fraction of sp³-hybridized carbons (Fsp3) is 0.545. The lowest BCUT2D eigenvalue weighted by Gasteiger charge is -2.32. The highest BCUT2D eigenvalue weighted by molar-refractivity contribution is 6.44. The Hall–Kier alpha value is -3.15. The number of amides is 3. The van der Waals surface area contributed by atoms with Gasteiger partial charge in [0.25, 0.3) is 5.91 Å². The summed E-state index contributed by atoms with van der Waals surface area (Å²) in [6, 6.07) is 5.29. The van der Waals surface area contributed by atoms with E-state index < -0.39 is 36.2 Å². The van der Waals surface area contributed by atoms with Crippen molar-refractivity contribution in [1.82, 2.24) is 10.2 Å². The monoisotopic (exact) mass is 483 g/mol. The first kappa shape index (κ1) is 25.5. The van der Waals surface area contributed by atoms with Crippen molar-refractivity contribution in [3.63, 3.8) is 0 Å². The Morgan fingerprint density at radius 1 is 1.15 bits per heavy atom. The van der Waals surface area contributed by atoms with Crippen LogP contribution >= 0.6 is 0 Å². The molecule has 3 atom stereocenters. The van der Waals surface area contributed by atoms with Gasteiger partial charge in [0.1, 0.15) is 11.8 Å². The van der Waals surface area contributed by atoms with E-state index in [0.717, 1.165) is 0 Å². The molecule has 3 amide bonds. The van der Waals surface area contributed by atoms with E-state index in [4.69, 9.17) is 11.1 Å². The van der Waals surface area contributed by atoms with Crippen LogP contribution in [0.4, 0.5) is 18.9 Å². The van der Waals surface area contributed by atoms with Gasteiger partial charge >= 0.3 is 6.36 Å². The van der Waals surface area contributed by atoms with E-state index >= 15 is 0 Å². The van der Waals surface area contributed by atoms with Crippen molar-refractivity contribution in [2.75, 3.05) is 18.4 Å². The van der Waals surface area contributed by atoms with Gasteiger partial charge in [0.15, 0.2) is 0 Å². The van der Waals surface area contributed by atoms with Gasteiger partial charge in [-0.25, -0.2) is 0 Å². The third-order valence-electron chi connectivity index (χ3n) is 6.02. The summed E-state index contributed by atoms with van der Waals surface area (Å²) in [4.78, 5) is 38.5. The van der Waals surface area contributed by atoms with E-state index in [9.17, 15) is 27.6 Å². The van der Waals surface area contributed by atoms with Gasteiger partial charge < -0.3 is 21.3 Å². The minimum absolute atomic E-state index is 0.0656. The highest BCUT2D eigenvalue weighted by Gasteiger charge is 2.38. The Kier molecular flexibility index (Phi) is 8.13. The number of halogens is 3. The lowest BCUT2D eigenvalue weighted by atomic mass is 9.92. The van der Waals surface area contributed by atoms with E-state index in [2.05, 4.69) is 15.4 Å². The second-order valence-electron chi connectivity index (χ2n) is 8.44. The Bertz CT molecular complexity index is 939. The van der Waals surface area contributed by atoms with Gasteiger partial charge in [-0.1, -0.05) is 18.2 Å². The van der Waals surface area contributed by atoms with Crippen LogP contribution < -0.4 is 16.4 Å². The highest BCUT2D eigenvalue weighted by atomic mass is 19.4. The second kappa shape index (κ2) is 10.9. The first-order valence-corrected chi connectivity index (χ1v) is 11.1. The number of nitrogens with two attached hydrogens (primary N) is 1. The molecule has 0 spiro atoms. The van der Waals surface area contributed by atoms with Gasteiger partial charge in [-0.05, 0) is 44.6 Å². The maximum Gasteiger partial charge on any atom is 0.522 e. The molecule has 0 bridgehead atoms. The van der Waals surface area contributed by atoms with Crippen molar-refractivity contribution < 1.29 is 32.3 Å². The molecule has 1 aromatic rings. The number of anilines is 1. The van der Waals surface area contributed by atoms with Gasteiger partial charge in [0.2, 0.25) is 11.8 Å². The standard InChI is InChI=1S/C22H28F3N5O4/c23-22(24,25)34-14-6-3-5-13(11-14)29-21(33)17-9-4-10-30(17)18(31)12-28-16-8-2-1-7-15(16)19(26)20(27)32/h1-2,7-8,13-14,17,26,28H,3-6,9-12H2,(H2,27,32)(H,29,33)/t13?,14?,17-/m0/s1. The number of nitrogens with one attached hydrogen (secondary N) is 3. The van der Waals surface area contributed by atoms with E-state index in [1.54, 1.807) is 18.2 Å². The SMILES string of the molecule is N=C(C(N)=O)c1ccccc1NCC(=O)N1CCC[C@H]1C(=O)NC1CCCC(OC(F)(F)F)C1. The summed E-state index contributed by atoms with van der Waals surface area (Å²) in [5, 5.41) is 13.5. The molecule has 1 saturated heterocycles.